The molecule has 4 aromatic heterocycles. The molecule has 0 amide bonds. The molecule has 16 aromatic rings. The van der Waals surface area contributed by atoms with Crippen LogP contribution in [0.25, 0.3) is 44.3 Å². The second kappa shape index (κ2) is 33.4. The van der Waals surface area contributed by atoms with Crippen LogP contribution in [0, 0.1) is 0 Å². The fourth-order valence-electron chi connectivity index (χ4n) is 11.9. The largest absolute Gasteiger partial charge is 1.00 e. The first-order chi connectivity index (χ1) is 46.7. The van der Waals surface area contributed by atoms with Crippen molar-refractivity contribution in [3.8, 4) is 22.5 Å². The van der Waals surface area contributed by atoms with Crippen LogP contribution >= 0.6 is 31.7 Å². The summed E-state index contributed by atoms with van der Waals surface area (Å²) >= 11 is 0. The summed E-state index contributed by atoms with van der Waals surface area (Å²) in [6, 6.07) is 135. The van der Waals surface area contributed by atoms with Gasteiger partial charge >= 0.3 is 17.1 Å². The molecule has 4 nitrogen and oxygen atoms in total. The summed E-state index contributed by atoms with van der Waals surface area (Å²) in [6.07, 6.45) is 7.41. The van der Waals surface area contributed by atoms with Crippen LogP contribution in [0.1, 0.15) is 0 Å². The molecule has 0 atom stereocenters. The number of H-pyrrole nitrogens is 1. The molecule has 0 unspecified atom stereocenters. The monoisotopic (exact) mass is 1340 g/mol. The Morgan fingerprint density at radius 1 is 0.284 bits per heavy atom. The van der Waals surface area contributed by atoms with Gasteiger partial charge in [0.2, 0.25) is 0 Å². The van der Waals surface area contributed by atoms with Crippen LogP contribution in [0.4, 0.5) is 0 Å². The van der Waals surface area contributed by atoms with Crippen molar-refractivity contribution in [2.75, 3.05) is 0 Å². The van der Waals surface area contributed by atoms with Crippen molar-refractivity contribution in [2.24, 2.45) is 0 Å². The van der Waals surface area contributed by atoms with Gasteiger partial charge in [0.05, 0.1) is 16.9 Å². The molecule has 1 N–H and O–H groups in total. The van der Waals surface area contributed by atoms with Gasteiger partial charge in [-0.05, 0) is 150 Å². The third-order valence-electron chi connectivity index (χ3n) is 16.1. The predicted octanol–water partition coefficient (Wildman–Crippen LogP) is 16.0. The second-order valence-corrected chi connectivity index (χ2v) is 31.4. The van der Waals surface area contributed by atoms with Crippen LogP contribution in [0.5, 0.6) is 0 Å². The van der Waals surface area contributed by atoms with E-state index in [2.05, 4.69) is 348 Å². The summed E-state index contributed by atoms with van der Waals surface area (Å²) in [7, 11) is -3.61. The van der Waals surface area contributed by atoms with Crippen LogP contribution in [0.3, 0.4) is 0 Å². The average Bonchev–Trinajstić information content (AvgIpc) is 1.85. The van der Waals surface area contributed by atoms with Gasteiger partial charge in [-0.1, -0.05) is 285 Å². The Labute approximate surface area is 573 Å². The topological polar surface area (TPSA) is 55.7 Å². The standard InChI is InChI=1S/2C30H24P2.C13H10N2.C13H9N2.Cu/c2*1-5-15-25(16-6-1)31(26-17-7-2-8-18-26)29-23-13-14-24-30(29)32(27-19-9-3-10-20-27)28-21-11-4-12-22-28;2*1-2-8-14-12(6-1)11-5-3-4-10-7-9-15-13(10)11;/h2*1-24H;1-9,15H;1-9H;/q;;;-1;+1/p+2. The van der Waals surface area contributed by atoms with Gasteiger partial charge < -0.3 is 9.97 Å². The van der Waals surface area contributed by atoms with Crippen molar-refractivity contribution in [3.05, 3.63) is 401 Å². The number of nitrogens with zero attached hydrogens (tertiary/aromatic N) is 3. The third-order valence-corrected chi connectivity index (χ3v) is 27.2. The fourth-order valence-corrected chi connectivity index (χ4v) is 23.1. The number of hydrogen-bond donors (Lipinski definition) is 1. The van der Waals surface area contributed by atoms with Crippen LogP contribution in [0.2, 0.25) is 0 Å². The molecular formula is C86H69CuN4P4+2. The maximum absolute atomic E-state index is 4.36. The Morgan fingerprint density at radius 2 is 0.621 bits per heavy atom. The molecule has 462 valence electrons. The molecule has 0 aliphatic heterocycles. The first-order valence-electron chi connectivity index (χ1n) is 31.6. The van der Waals surface area contributed by atoms with E-state index in [1.807, 2.05) is 67.1 Å². The van der Waals surface area contributed by atoms with E-state index in [-0.39, 0.29) is 17.1 Å². The number of pyridine rings is 2. The minimum absolute atomic E-state index is 0. The van der Waals surface area contributed by atoms with E-state index < -0.39 is 31.7 Å². The number of para-hydroxylation sites is 2. The Balaban J connectivity index is 0.000000128. The van der Waals surface area contributed by atoms with Crippen molar-refractivity contribution in [3.63, 3.8) is 0 Å². The number of aromatic amines is 1. The van der Waals surface area contributed by atoms with Gasteiger partial charge in [0.15, 0.2) is 0 Å². The Morgan fingerprint density at radius 3 is 1.01 bits per heavy atom. The number of benzene rings is 12. The molecule has 16 rings (SSSR count). The minimum atomic E-state index is -1.14. The van der Waals surface area contributed by atoms with Crippen molar-refractivity contribution in [2.45, 2.75) is 0 Å². The van der Waals surface area contributed by atoms with Crippen molar-refractivity contribution < 1.29 is 17.1 Å². The van der Waals surface area contributed by atoms with E-state index >= 15 is 0 Å². The summed E-state index contributed by atoms with van der Waals surface area (Å²) in [5, 5.41) is 19.5. The van der Waals surface area contributed by atoms with Crippen LogP contribution in [0.15, 0.2) is 401 Å². The summed E-state index contributed by atoms with van der Waals surface area (Å²) in [5.74, 6) is 0. The minimum Gasteiger partial charge on any atom is -0.663 e. The van der Waals surface area contributed by atoms with Gasteiger partial charge in [0.1, 0.15) is 47.7 Å². The van der Waals surface area contributed by atoms with E-state index in [1.165, 1.54) is 69.0 Å². The summed E-state index contributed by atoms with van der Waals surface area (Å²) in [6.45, 7) is 0. The molecule has 9 heteroatoms. The first kappa shape index (κ1) is 65.3. The van der Waals surface area contributed by atoms with Crippen LogP contribution in [-0.2, 0) is 17.1 Å². The number of aromatic nitrogens is 4. The Kier molecular flexibility index (Phi) is 23.0. The summed E-state index contributed by atoms with van der Waals surface area (Å²) in [5.41, 5.74) is 6.40. The maximum Gasteiger partial charge on any atom is 1.00 e. The predicted molar refractivity (Wildman–Crippen MR) is 413 cm³/mol. The van der Waals surface area contributed by atoms with Gasteiger partial charge in [-0.2, -0.15) is 6.20 Å². The fraction of sp³-hybridized carbons (Fsp3) is 0. The zero-order chi connectivity index (χ0) is 63.4. The number of nitrogens with one attached hydrogen (secondary N) is 1. The van der Waals surface area contributed by atoms with Crippen molar-refractivity contribution in [1.82, 2.24) is 19.9 Å². The molecule has 0 bridgehead atoms. The van der Waals surface area contributed by atoms with Crippen molar-refractivity contribution >= 4 is 117 Å². The summed E-state index contributed by atoms with van der Waals surface area (Å²) < 4.78 is 0. The number of hydrogen-bond acceptors (Lipinski definition) is 2. The average molecular weight is 1350 g/mol. The maximum atomic E-state index is 4.36. The Bertz CT molecular complexity index is 4230. The van der Waals surface area contributed by atoms with E-state index in [0.717, 1.165) is 38.9 Å². The molecule has 0 saturated carbocycles. The van der Waals surface area contributed by atoms with Crippen LogP contribution in [-0.4, -0.2) is 15.0 Å². The molecule has 0 saturated heterocycles. The molecule has 0 radical (unpaired) electrons. The second-order valence-electron chi connectivity index (χ2n) is 22.1. The number of rotatable bonds is 14. The third kappa shape index (κ3) is 16.1. The van der Waals surface area contributed by atoms with E-state index in [9.17, 15) is 0 Å². The van der Waals surface area contributed by atoms with Gasteiger partial charge in [-0.3, -0.25) is 9.97 Å². The van der Waals surface area contributed by atoms with E-state index in [4.69, 9.17) is 0 Å². The van der Waals surface area contributed by atoms with Crippen molar-refractivity contribution in [1.29, 1.82) is 0 Å². The molecule has 4 heterocycles. The normalized spacial score (nSPS) is 10.8. The Hall–Kier alpha value is -9.74. The molecule has 12 aromatic carbocycles. The molecule has 0 spiro atoms. The van der Waals surface area contributed by atoms with E-state index in [0.29, 0.717) is 0 Å². The molecule has 0 fully saturated rings. The smallest absolute Gasteiger partial charge is 0.663 e. The molecule has 0 aliphatic rings. The van der Waals surface area contributed by atoms with Gasteiger partial charge in [-0.25, -0.2) is 0 Å². The molecule has 95 heavy (non-hydrogen) atoms. The van der Waals surface area contributed by atoms with Crippen LogP contribution < -0.4 is 68.6 Å². The zero-order valence-corrected chi connectivity index (χ0v) is 56.9. The first-order valence-corrected chi connectivity index (χ1v) is 37.3. The SMILES string of the molecule is [Cu+].c1ccc(-c2cccc3cc[n-]c23)nc1.c1ccc(-c2cccc3cc[nH]c23)nc1.c1ccc(P(c2ccccc2)c2ccccc2P(c2ccccc2)c2ccccc2)cc1.c1ccc([PH+](c2ccccc2)c2ccccc2[PH+](c2ccccc2)c2ccccc2)cc1. The molecular weight excluding hydrogens is 1280 g/mol. The van der Waals surface area contributed by atoms with Gasteiger partial charge in [0.25, 0.3) is 0 Å². The summed E-state index contributed by atoms with van der Waals surface area (Å²) in [4.78, 5) is 16.3. The van der Waals surface area contributed by atoms with E-state index in [1.54, 1.807) is 6.20 Å². The zero-order valence-electron chi connectivity index (χ0n) is 52.1. The van der Waals surface area contributed by atoms with Gasteiger partial charge in [0, 0.05) is 29.5 Å². The quantitative estimate of drug-likeness (QED) is 0.0872. The van der Waals surface area contributed by atoms with Gasteiger partial charge in [-0.15, -0.1) is 5.52 Å². The number of fused-ring (bicyclic) bond motifs is 2. The molecule has 0 aliphatic carbocycles.